The summed E-state index contributed by atoms with van der Waals surface area (Å²) >= 11 is 3.45. The Balaban J connectivity index is 2.19. The number of likely N-dealkylation sites (N-methyl/N-ethyl adjacent to an activating group) is 1. The van der Waals surface area contributed by atoms with E-state index < -0.39 is 6.04 Å². The standard InChI is InChI=1S/C22H27BrN2O3/c1-5-20(22(27)24-4)25(13-17-8-6-7-15(2)11-17)21(26)14-28-18-9-10-19(23)16(3)12-18/h6-12,20H,5,13-14H2,1-4H3,(H,24,27)/t20-/m1/s1. The van der Waals surface area contributed by atoms with E-state index in [0.717, 1.165) is 21.2 Å². The Labute approximate surface area is 175 Å². The van der Waals surface area contributed by atoms with E-state index in [-0.39, 0.29) is 18.4 Å². The molecule has 0 aromatic heterocycles. The summed E-state index contributed by atoms with van der Waals surface area (Å²) < 4.78 is 6.69. The van der Waals surface area contributed by atoms with Gasteiger partial charge < -0.3 is 15.0 Å². The van der Waals surface area contributed by atoms with Gasteiger partial charge in [-0.25, -0.2) is 0 Å². The van der Waals surface area contributed by atoms with Gasteiger partial charge in [0.25, 0.3) is 5.91 Å². The molecule has 0 unspecified atom stereocenters. The van der Waals surface area contributed by atoms with Gasteiger partial charge in [0.2, 0.25) is 5.91 Å². The van der Waals surface area contributed by atoms with Crippen molar-refractivity contribution in [2.45, 2.75) is 39.8 Å². The van der Waals surface area contributed by atoms with Gasteiger partial charge in [-0.05, 0) is 49.6 Å². The first-order chi connectivity index (χ1) is 13.3. The van der Waals surface area contributed by atoms with E-state index in [2.05, 4.69) is 21.2 Å². The summed E-state index contributed by atoms with van der Waals surface area (Å²) in [6.07, 6.45) is 0.522. The third-order valence-electron chi connectivity index (χ3n) is 4.56. The molecule has 2 amide bonds. The van der Waals surface area contributed by atoms with E-state index in [1.165, 1.54) is 0 Å². The summed E-state index contributed by atoms with van der Waals surface area (Å²) in [6.45, 7) is 6.09. The average Bonchev–Trinajstić information content (AvgIpc) is 2.68. The van der Waals surface area contributed by atoms with Crippen molar-refractivity contribution in [2.24, 2.45) is 0 Å². The molecule has 1 N–H and O–H groups in total. The molecule has 0 radical (unpaired) electrons. The number of nitrogens with one attached hydrogen (secondary N) is 1. The Kier molecular flexibility index (Phi) is 8.05. The van der Waals surface area contributed by atoms with Crippen LogP contribution in [0.3, 0.4) is 0 Å². The summed E-state index contributed by atoms with van der Waals surface area (Å²) in [5, 5.41) is 2.66. The molecule has 150 valence electrons. The lowest BCUT2D eigenvalue weighted by molar-refractivity contribution is -0.142. The maximum atomic E-state index is 13.0. The van der Waals surface area contributed by atoms with Crippen molar-refractivity contribution in [3.8, 4) is 5.75 Å². The Morgan fingerprint density at radius 1 is 1.18 bits per heavy atom. The van der Waals surface area contributed by atoms with Crippen molar-refractivity contribution in [2.75, 3.05) is 13.7 Å². The van der Waals surface area contributed by atoms with Gasteiger partial charge in [-0.2, -0.15) is 0 Å². The third-order valence-corrected chi connectivity index (χ3v) is 5.45. The fraction of sp³-hybridized carbons (Fsp3) is 0.364. The minimum atomic E-state index is -0.548. The number of rotatable bonds is 8. The summed E-state index contributed by atoms with van der Waals surface area (Å²) in [7, 11) is 1.58. The molecule has 0 spiro atoms. The zero-order valence-corrected chi connectivity index (χ0v) is 18.4. The van der Waals surface area contributed by atoms with Gasteiger partial charge in [0.05, 0.1) is 0 Å². The second-order valence-corrected chi connectivity index (χ2v) is 7.60. The van der Waals surface area contributed by atoms with E-state index in [9.17, 15) is 9.59 Å². The second kappa shape index (κ2) is 10.3. The number of carbonyl (C=O) groups is 2. The fourth-order valence-electron chi connectivity index (χ4n) is 3.03. The van der Waals surface area contributed by atoms with Crippen molar-refractivity contribution in [3.05, 3.63) is 63.6 Å². The van der Waals surface area contributed by atoms with Crippen LogP contribution in [-0.2, 0) is 16.1 Å². The first kappa shape index (κ1) is 22.0. The number of hydrogen-bond acceptors (Lipinski definition) is 3. The number of halogens is 1. The van der Waals surface area contributed by atoms with Crippen molar-refractivity contribution in [1.29, 1.82) is 0 Å². The highest BCUT2D eigenvalue weighted by Crippen LogP contribution is 2.22. The minimum Gasteiger partial charge on any atom is -0.484 e. The predicted octanol–water partition coefficient (Wildman–Crippen LogP) is 4.00. The lowest BCUT2D eigenvalue weighted by Gasteiger charge is -2.30. The SMILES string of the molecule is CC[C@H](C(=O)NC)N(Cc1cccc(C)c1)C(=O)COc1ccc(Br)c(C)c1. The number of aryl methyl sites for hydroxylation is 2. The molecule has 1 atom stereocenters. The van der Waals surface area contributed by atoms with Gasteiger partial charge >= 0.3 is 0 Å². The van der Waals surface area contributed by atoms with Crippen molar-refractivity contribution in [1.82, 2.24) is 10.2 Å². The largest absolute Gasteiger partial charge is 0.484 e. The number of benzene rings is 2. The van der Waals surface area contributed by atoms with Gasteiger partial charge in [-0.3, -0.25) is 9.59 Å². The topological polar surface area (TPSA) is 58.6 Å². The maximum absolute atomic E-state index is 13.0. The highest BCUT2D eigenvalue weighted by molar-refractivity contribution is 9.10. The Hall–Kier alpha value is -2.34. The molecule has 2 rings (SSSR count). The molecule has 0 heterocycles. The zero-order chi connectivity index (χ0) is 20.7. The molecule has 6 heteroatoms. The molecule has 0 fully saturated rings. The maximum Gasteiger partial charge on any atom is 0.261 e. The fourth-order valence-corrected chi connectivity index (χ4v) is 3.27. The average molecular weight is 447 g/mol. The number of amides is 2. The summed E-state index contributed by atoms with van der Waals surface area (Å²) in [6, 6.07) is 13.0. The van der Waals surface area contributed by atoms with Gasteiger partial charge in [0.15, 0.2) is 6.61 Å². The first-order valence-electron chi connectivity index (χ1n) is 9.31. The Bertz CT molecular complexity index is 838. The molecule has 5 nitrogen and oxygen atoms in total. The summed E-state index contributed by atoms with van der Waals surface area (Å²) in [5.41, 5.74) is 3.12. The van der Waals surface area contributed by atoms with Crippen molar-refractivity contribution in [3.63, 3.8) is 0 Å². The van der Waals surface area contributed by atoms with Crippen LogP contribution in [-0.4, -0.2) is 36.4 Å². The number of ether oxygens (including phenoxy) is 1. The lowest BCUT2D eigenvalue weighted by atomic mass is 10.1. The van der Waals surface area contributed by atoms with E-state index in [4.69, 9.17) is 4.74 Å². The number of carbonyl (C=O) groups excluding carboxylic acids is 2. The monoisotopic (exact) mass is 446 g/mol. The number of hydrogen-bond donors (Lipinski definition) is 1. The van der Waals surface area contributed by atoms with Crippen LogP contribution in [0, 0.1) is 13.8 Å². The second-order valence-electron chi connectivity index (χ2n) is 6.75. The number of nitrogens with zero attached hydrogens (tertiary/aromatic N) is 1. The minimum absolute atomic E-state index is 0.125. The molecule has 2 aromatic rings. The van der Waals surface area contributed by atoms with Crippen LogP contribution < -0.4 is 10.1 Å². The first-order valence-corrected chi connectivity index (χ1v) is 10.1. The lowest BCUT2D eigenvalue weighted by Crippen LogP contribution is -2.49. The van der Waals surface area contributed by atoms with Gasteiger partial charge in [-0.1, -0.05) is 52.7 Å². The smallest absolute Gasteiger partial charge is 0.261 e. The van der Waals surface area contributed by atoms with Crippen LogP contribution in [0.5, 0.6) is 5.75 Å². The Morgan fingerprint density at radius 2 is 1.93 bits per heavy atom. The van der Waals surface area contributed by atoms with Gasteiger partial charge in [0, 0.05) is 18.1 Å². The predicted molar refractivity (Wildman–Crippen MR) is 114 cm³/mol. The van der Waals surface area contributed by atoms with E-state index in [1.807, 2.05) is 63.2 Å². The molecule has 0 bridgehead atoms. The third kappa shape index (κ3) is 5.83. The van der Waals surface area contributed by atoms with Gasteiger partial charge in [0.1, 0.15) is 11.8 Å². The molecule has 0 aliphatic carbocycles. The van der Waals surface area contributed by atoms with Crippen molar-refractivity contribution < 1.29 is 14.3 Å². The van der Waals surface area contributed by atoms with Crippen LogP contribution in [0.1, 0.15) is 30.0 Å². The highest BCUT2D eigenvalue weighted by atomic mass is 79.9. The molecule has 2 aromatic carbocycles. The molecule has 0 aliphatic rings. The molecule has 28 heavy (non-hydrogen) atoms. The zero-order valence-electron chi connectivity index (χ0n) is 16.8. The van der Waals surface area contributed by atoms with Crippen LogP contribution in [0.15, 0.2) is 46.9 Å². The highest BCUT2D eigenvalue weighted by Gasteiger charge is 2.28. The quantitative estimate of drug-likeness (QED) is 0.666. The molecular weight excluding hydrogens is 420 g/mol. The van der Waals surface area contributed by atoms with E-state index in [1.54, 1.807) is 11.9 Å². The molecular formula is C22H27BrN2O3. The van der Waals surface area contributed by atoms with Crippen LogP contribution in [0.4, 0.5) is 0 Å². The van der Waals surface area contributed by atoms with Crippen LogP contribution in [0.2, 0.25) is 0 Å². The summed E-state index contributed by atoms with van der Waals surface area (Å²) in [4.78, 5) is 26.9. The van der Waals surface area contributed by atoms with Gasteiger partial charge in [-0.15, -0.1) is 0 Å². The molecule has 0 saturated heterocycles. The van der Waals surface area contributed by atoms with Crippen LogP contribution in [0.25, 0.3) is 0 Å². The normalized spacial score (nSPS) is 11.6. The Morgan fingerprint density at radius 3 is 2.54 bits per heavy atom. The van der Waals surface area contributed by atoms with Crippen LogP contribution >= 0.6 is 15.9 Å². The molecule has 0 saturated carbocycles. The summed E-state index contributed by atoms with van der Waals surface area (Å²) in [5.74, 6) is 0.220. The van der Waals surface area contributed by atoms with E-state index >= 15 is 0 Å². The van der Waals surface area contributed by atoms with Crippen molar-refractivity contribution >= 4 is 27.7 Å². The molecule has 0 aliphatic heterocycles. The van der Waals surface area contributed by atoms with E-state index in [0.29, 0.717) is 18.7 Å².